The van der Waals surface area contributed by atoms with Crippen molar-refractivity contribution >= 4 is 28.5 Å². The van der Waals surface area contributed by atoms with Gasteiger partial charge in [-0.15, -0.1) is 0 Å². The van der Waals surface area contributed by atoms with Crippen LogP contribution >= 0.6 is 11.6 Å². The molecule has 0 bridgehead atoms. The minimum Gasteiger partial charge on any atom is -0.481 e. The van der Waals surface area contributed by atoms with E-state index in [0.717, 1.165) is 23.0 Å². The molecular weight excluding hydrogens is 238 g/mol. The predicted octanol–water partition coefficient (Wildman–Crippen LogP) is 3.33. The lowest BCUT2D eigenvalue weighted by Crippen LogP contribution is -1.97. The van der Waals surface area contributed by atoms with Gasteiger partial charge in [0.2, 0.25) is 0 Å². The highest BCUT2D eigenvalue weighted by atomic mass is 35.5. The molecule has 1 aromatic heterocycles. The molecule has 0 atom stereocenters. The van der Waals surface area contributed by atoms with Gasteiger partial charge in [-0.1, -0.05) is 11.6 Å². The summed E-state index contributed by atoms with van der Waals surface area (Å²) >= 11 is 5.98. The van der Waals surface area contributed by atoms with Gasteiger partial charge >= 0.3 is 5.97 Å². The molecule has 0 saturated heterocycles. The van der Waals surface area contributed by atoms with E-state index in [1.54, 1.807) is 0 Å². The molecule has 2 rings (SSSR count). The SMILES string of the molecule is CCn1cc(CCC(=O)O)c2cc(Cl)ccc21. The predicted molar refractivity (Wildman–Crippen MR) is 68.6 cm³/mol. The number of aryl methyl sites for hydroxylation is 2. The van der Waals surface area contributed by atoms with E-state index in [2.05, 4.69) is 11.5 Å². The molecule has 4 heteroatoms. The molecule has 3 nitrogen and oxygen atoms in total. The van der Waals surface area contributed by atoms with Crippen molar-refractivity contribution in [1.82, 2.24) is 4.57 Å². The number of carbonyl (C=O) groups is 1. The van der Waals surface area contributed by atoms with Crippen LogP contribution in [0.25, 0.3) is 10.9 Å². The Labute approximate surface area is 105 Å². The fourth-order valence-electron chi connectivity index (χ4n) is 2.05. The first-order chi connectivity index (χ1) is 8.11. The van der Waals surface area contributed by atoms with Crippen LogP contribution in [0.4, 0.5) is 0 Å². The number of fused-ring (bicyclic) bond motifs is 1. The van der Waals surface area contributed by atoms with Gasteiger partial charge in [0.1, 0.15) is 0 Å². The Bertz CT molecular complexity index is 560. The highest BCUT2D eigenvalue weighted by Crippen LogP contribution is 2.25. The van der Waals surface area contributed by atoms with Gasteiger partial charge in [0, 0.05) is 35.1 Å². The molecule has 0 radical (unpaired) electrons. The van der Waals surface area contributed by atoms with Gasteiger partial charge in [0.05, 0.1) is 0 Å². The maximum atomic E-state index is 10.6. The second kappa shape index (κ2) is 4.80. The Balaban J connectivity index is 2.46. The number of benzene rings is 1. The smallest absolute Gasteiger partial charge is 0.303 e. The molecule has 0 saturated carbocycles. The lowest BCUT2D eigenvalue weighted by atomic mass is 10.1. The van der Waals surface area contributed by atoms with Gasteiger partial charge in [0.25, 0.3) is 0 Å². The number of rotatable bonds is 4. The normalized spacial score (nSPS) is 10.9. The summed E-state index contributed by atoms with van der Waals surface area (Å²) in [5.41, 5.74) is 2.16. The number of carboxylic acids is 1. The molecular formula is C13H14ClNO2. The molecule has 0 spiro atoms. The number of nitrogens with zero attached hydrogens (tertiary/aromatic N) is 1. The number of aromatic nitrogens is 1. The Hall–Kier alpha value is -1.48. The zero-order valence-corrected chi connectivity index (χ0v) is 10.4. The van der Waals surface area contributed by atoms with Crippen LogP contribution in [-0.4, -0.2) is 15.6 Å². The third kappa shape index (κ3) is 2.44. The molecule has 0 aliphatic carbocycles. The van der Waals surface area contributed by atoms with Crippen molar-refractivity contribution in [2.45, 2.75) is 26.3 Å². The van der Waals surface area contributed by atoms with E-state index >= 15 is 0 Å². The van der Waals surface area contributed by atoms with E-state index in [4.69, 9.17) is 16.7 Å². The summed E-state index contributed by atoms with van der Waals surface area (Å²) in [6.45, 7) is 2.93. The van der Waals surface area contributed by atoms with E-state index in [1.807, 2.05) is 24.4 Å². The maximum absolute atomic E-state index is 10.6. The Morgan fingerprint density at radius 2 is 2.24 bits per heavy atom. The minimum atomic E-state index is -0.774. The van der Waals surface area contributed by atoms with E-state index < -0.39 is 5.97 Å². The summed E-state index contributed by atoms with van der Waals surface area (Å²) in [6, 6.07) is 5.74. The summed E-state index contributed by atoms with van der Waals surface area (Å²) in [5.74, 6) is -0.774. The van der Waals surface area contributed by atoms with Crippen LogP contribution in [0.15, 0.2) is 24.4 Å². The van der Waals surface area contributed by atoms with Crippen molar-refractivity contribution in [2.24, 2.45) is 0 Å². The molecule has 0 amide bonds. The first-order valence-corrected chi connectivity index (χ1v) is 5.98. The van der Waals surface area contributed by atoms with E-state index in [-0.39, 0.29) is 6.42 Å². The second-order valence-electron chi connectivity index (χ2n) is 4.00. The van der Waals surface area contributed by atoms with Gasteiger partial charge in [-0.05, 0) is 37.1 Å². The zero-order chi connectivity index (χ0) is 12.4. The van der Waals surface area contributed by atoms with Gasteiger partial charge < -0.3 is 9.67 Å². The highest BCUT2D eigenvalue weighted by Gasteiger charge is 2.09. The summed E-state index contributed by atoms with van der Waals surface area (Å²) in [7, 11) is 0. The monoisotopic (exact) mass is 251 g/mol. The molecule has 2 aromatic rings. The largest absolute Gasteiger partial charge is 0.481 e. The molecule has 0 aliphatic heterocycles. The third-order valence-electron chi connectivity index (χ3n) is 2.87. The molecule has 0 unspecified atom stereocenters. The van der Waals surface area contributed by atoms with Crippen molar-refractivity contribution in [1.29, 1.82) is 0 Å². The maximum Gasteiger partial charge on any atom is 0.303 e. The van der Waals surface area contributed by atoms with Crippen molar-refractivity contribution in [3.05, 3.63) is 35.0 Å². The van der Waals surface area contributed by atoms with Crippen molar-refractivity contribution in [3.8, 4) is 0 Å². The van der Waals surface area contributed by atoms with Crippen LogP contribution in [0.5, 0.6) is 0 Å². The fourth-order valence-corrected chi connectivity index (χ4v) is 2.22. The Kier molecular flexibility index (Phi) is 3.38. The molecule has 90 valence electrons. The number of aliphatic carboxylic acids is 1. The quantitative estimate of drug-likeness (QED) is 0.906. The molecule has 0 aliphatic rings. The van der Waals surface area contributed by atoms with Crippen LogP contribution < -0.4 is 0 Å². The van der Waals surface area contributed by atoms with Crippen molar-refractivity contribution in [2.75, 3.05) is 0 Å². The topological polar surface area (TPSA) is 42.2 Å². The average Bonchev–Trinajstić information content (AvgIpc) is 2.63. The first kappa shape index (κ1) is 12.0. The van der Waals surface area contributed by atoms with E-state index in [0.29, 0.717) is 11.4 Å². The van der Waals surface area contributed by atoms with E-state index in [1.165, 1.54) is 0 Å². The Morgan fingerprint density at radius 3 is 2.88 bits per heavy atom. The minimum absolute atomic E-state index is 0.148. The Morgan fingerprint density at radius 1 is 1.47 bits per heavy atom. The van der Waals surface area contributed by atoms with Gasteiger partial charge in [0.15, 0.2) is 0 Å². The molecule has 1 heterocycles. The first-order valence-electron chi connectivity index (χ1n) is 5.61. The zero-order valence-electron chi connectivity index (χ0n) is 9.61. The van der Waals surface area contributed by atoms with Crippen LogP contribution in [0, 0.1) is 0 Å². The van der Waals surface area contributed by atoms with Gasteiger partial charge in [-0.3, -0.25) is 4.79 Å². The number of hydrogen-bond donors (Lipinski definition) is 1. The molecule has 1 N–H and O–H groups in total. The summed E-state index contributed by atoms with van der Waals surface area (Å²) in [5, 5.41) is 10.5. The van der Waals surface area contributed by atoms with Gasteiger partial charge in [-0.2, -0.15) is 0 Å². The summed E-state index contributed by atoms with van der Waals surface area (Å²) in [6.07, 6.45) is 2.71. The van der Waals surface area contributed by atoms with Crippen LogP contribution in [-0.2, 0) is 17.8 Å². The summed E-state index contributed by atoms with van der Waals surface area (Å²) < 4.78 is 2.11. The third-order valence-corrected chi connectivity index (χ3v) is 3.11. The molecule has 17 heavy (non-hydrogen) atoms. The number of halogens is 1. The van der Waals surface area contributed by atoms with E-state index in [9.17, 15) is 4.79 Å². The van der Waals surface area contributed by atoms with Crippen LogP contribution in [0.3, 0.4) is 0 Å². The van der Waals surface area contributed by atoms with Gasteiger partial charge in [-0.25, -0.2) is 0 Å². The van der Waals surface area contributed by atoms with Crippen LogP contribution in [0.2, 0.25) is 5.02 Å². The molecule has 1 aromatic carbocycles. The number of hydrogen-bond acceptors (Lipinski definition) is 1. The van der Waals surface area contributed by atoms with Crippen molar-refractivity contribution < 1.29 is 9.90 Å². The second-order valence-corrected chi connectivity index (χ2v) is 4.43. The number of carboxylic acid groups (broad SMARTS) is 1. The standard InChI is InChI=1S/C13H14ClNO2/c1-2-15-8-9(3-6-13(16)17)11-7-10(14)4-5-12(11)15/h4-5,7-8H,2-3,6H2,1H3,(H,16,17). The van der Waals surface area contributed by atoms with Crippen LogP contribution in [0.1, 0.15) is 18.9 Å². The lowest BCUT2D eigenvalue weighted by Gasteiger charge is -1.99. The molecule has 0 fully saturated rings. The average molecular weight is 252 g/mol. The summed E-state index contributed by atoms with van der Waals surface area (Å²) in [4.78, 5) is 10.6. The lowest BCUT2D eigenvalue weighted by molar-refractivity contribution is -0.136. The fraction of sp³-hybridized carbons (Fsp3) is 0.308. The highest BCUT2D eigenvalue weighted by molar-refractivity contribution is 6.31. The van der Waals surface area contributed by atoms with Crippen molar-refractivity contribution in [3.63, 3.8) is 0 Å².